The van der Waals surface area contributed by atoms with Crippen LogP contribution in [0.2, 0.25) is 0 Å². The van der Waals surface area contributed by atoms with E-state index in [1.807, 2.05) is 25.1 Å². The number of carbonyl (C=O) groups is 1. The molecule has 1 aromatic carbocycles. The van der Waals surface area contributed by atoms with Gasteiger partial charge in [-0.1, -0.05) is 19.1 Å². The molecule has 0 aliphatic heterocycles. The van der Waals surface area contributed by atoms with Crippen LogP contribution in [-0.2, 0) is 16.1 Å². The van der Waals surface area contributed by atoms with Crippen molar-refractivity contribution in [3.63, 3.8) is 0 Å². The standard InChI is InChI=1S/C16H25NO4/c1-4-10-17-11-13-8-7-9-14(19-5-2)16(13)21-12-15(18)20-6-3/h7-9,17H,4-6,10-12H2,1-3H3. The number of para-hydroxylation sites is 1. The van der Waals surface area contributed by atoms with E-state index < -0.39 is 0 Å². The van der Waals surface area contributed by atoms with Gasteiger partial charge in [0.05, 0.1) is 13.2 Å². The maximum absolute atomic E-state index is 11.5. The summed E-state index contributed by atoms with van der Waals surface area (Å²) < 4.78 is 16.1. The summed E-state index contributed by atoms with van der Waals surface area (Å²) >= 11 is 0. The molecule has 0 spiro atoms. The summed E-state index contributed by atoms with van der Waals surface area (Å²) in [6.45, 7) is 8.18. The molecule has 21 heavy (non-hydrogen) atoms. The number of esters is 1. The second-order valence-electron chi connectivity index (χ2n) is 4.45. The van der Waals surface area contributed by atoms with Crippen LogP contribution in [0.25, 0.3) is 0 Å². The number of benzene rings is 1. The molecule has 0 atom stereocenters. The van der Waals surface area contributed by atoms with Crippen LogP contribution >= 0.6 is 0 Å². The number of hydrogen-bond acceptors (Lipinski definition) is 5. The summed E-state index contributed by atoms with van der Waals surface area (Å²) in [5.74, 6) is 0.880. The van der Waals surface area contributed by atoms with Crippen LogP contribution in [0.15, 0.2) is 18.2 Å². The molecule has 118 valence electrons. The van der Waals surface area contributed by atoms with Crippen molar-refractivity contribution < 1.29 is 19.0 Å². The number of carbonyl (C=O) groups excluding carboxylic acids is 1. The van der Waals surface area contributed by atoms with Crippen molar-refractivity contribution in [3.8, 4) is 11.5 Å². The van der Waals surface area contributed by atoms with Crippen molar-refractivity contribution in [1.29, 1.82) is 0 Å². The van der Waals surface area contributed by atoms with Crippen molar-refractivity contribution in [3.05, 3.63) is 23.8 Å². The normalized spacial score (nSPS) is 10.2. The van der Waals surface area contributed by atoms with Gasteiger partial charge in [-0.25, -0.2) is 4.79 Å². The minimum Gasteiger partial charge on any atom is -0.490 e. The number of nitrogens with one attached hydrogen (secondary N) is 1. The van der Waals surface area contributed by atoms with Gasteiger partial charge in [-0.2, -0.15) is 0 Å². The minimum atomic E-state index is -0.378. The van der Waals surface area contributed by atoms with Gasteiger partial charge in [0.25, 0.3) is 0 Å². The number of ether oxygens (including phenoxy) is 3. The first-order valence-electron chi connectivity index (χ1n) is 7.46. The van der Waals surface area contributed by atoms with E-state index in [4.69, 9.17) is 14.2 Å². The second-order valence-corrected chi connectivity index (χ2v) is 4.45. The van der Waals surface area contributed by atoms with Crippen molar-refractivity contribution in [2.45, 2.75) is 33.7 Å². The van der Waals surface area contributed by atoms with Crippen molar-refractivity contribution in [2.24, 2.45) is 0 Å². The third-order valence-electron chi connectivity index (χ3n) is 2.74. The minimum absolute atomic E-state index is 0.112. The van der Waals surface area contributed by atoms with Crippen LogP contribution in [-0.4, -0.2) is 32.3 Å². The summed E-state index contributed by atoms with van der Waals surface area (Å²) in [5, 5.41) is 3.32. The summed E-state index contributed by atoms with van der Waals surface area (Å²) in [5.41, 5.74) is 0.971. The van der Waals surface area contributed by atoms with Crippen LogP contribution in [0.5, 0.6) is 11.5 Å². The molecule has 0 saturated carbocycles. The third kappa shape index (κ3) is 6.04. The summed E-state index contributed by atoms with van der Waals surface area (Å²) in [6.07, 6.45) is 1.06. The molecule has 0 aliphatic carbocycles. The highest BCUT2D eigenvalue weighted by Gasteiger charge is 2.13. The fraction of sp³-hybridized carbons (Fsp3) is 0.562. The van der Waals surface area contributed by atoms with E-state index in [0.717, 1.165) is 18.5 Å². The van der Waals surface area contributed by atoms with Gasteiger partial charge in [0.2, 0.25) is 0 Å². The van der Waals surface area contributed by atoms with E-state index >= 15 is 0 Å². The Hall–Kier alpha value is -1.75. The zero-order valence-electron chi connectivity index (χ0n) is 13.1. The zero-order valence-corrected chi connectivity index (χ0v) is 13.1. The van der Waals surface area contributed by atoms with Gasteiger partial charge in [-0.3, -0.25) is 0 Å². The Morgan fingerprint density at radius 1 is 1.14 bits per heavy atom. The first kappa shape index (κ1) is 17.3. The summed E-state index contributed by atoms with van der Waals surface area (Å²) in [4.78, 5) is 11.5. The lowest BCUT2D eigenvalue weighted by Gasteiger charge is -2.16. The van der Waals surface area contributed by atoms with E-state index in [1.54, 1.807) is 6.92 Å². The quantitative estimate of drug-likeness (QED) is 0.531. The molecule has 1 N–H and O–H groups in total. The predicted octanol–water partition coefficient (Wildman–Crippen LogP) is 2.53. The molecule has 0 heterocycles. The Kier molecular flexibility index (Phi) is 8.28. The largest absolute Gasteiger partial charge is 0.490 e. The molecule has 0 aromatic heterocycles. The highest BCUT2D eigenvalue weighted by molar-refractivity contribution is 5.71. The maximum atomic E-state index is 11.5. The molecule has 5 heteroatoms. The molecule has 0 radical (unpaired) electrons. The predicted molar refractivity (Wildman–Crippen MR) is 81.7 cm³/mol. The molecular weight excluding hydrogens is 270 g/mol. The topological polar surface area (TPSA) is 56.8 Å². The Bertz CT molecular complexity index is 434. The Labute approximate surface area is 126 Å². The third-order valence-corrected chi connectivity index (χ3v) is 2.74. The highest BCUT2D eigenvalue weighted by atomic mass is 16.6. The monoisotopic (exact) mass is 295 g/mol. The Balaban J connectivity index is 2.80. The lowest BCUT2D eigenvalue weighted by atomic mass is 10.2. The number of hydrogen-bond donors (Lipinski definition) is 1. The van der Waals surface area contributed by atoms with Gasteiger partial charge >= 0.3 is 5.97 Å². The summed E-state index contributed by atoms with van der Waals surface area (Å²) in [6, 6.07) is 5.73. The van der Waals surface area contributed by atoms with Crippen LogP contribution in [0.3, 0.4) is 0 Å². The molecule has 0 unspecified atom stereocenters. The van der Waals surface area contributed by atoms with Gasteiger partial charge in [0, 0.05) is 12.1 Å². The van der Waals surface area contributed by atoms with E-state index in [2.05, 4.69) is 12.2 Å². The van der Waals surface area contributed by atoms with E-state index in [9.17, 15) is 4.79 Å². The fourth-order valence-corrected chi connectivity index (χ4v) is 1.87. The lowest BCUT2D eigenvalue weighted by Crippen LogP contribution is -2.18. The van der Waals surface area contributed by atoms with Crippen molar-refractivity contribution >= 4 is 5.97 Å². The lowest BCUT2D eigenvalue weighted by molar-refractivity contribution is -0.145. The Morgan fingerprint density at radius 3 is 2.62 bits per heavy atom. The molecule has 0 aliphatic rings. The molecule has 1 rings (SSSR count). The molecule has 0 amide bonds. The smallest absolute Gasteiger partial charge is 0.344 e. The second kappa shape index (κ2) is 10.0. The van der Waals surface area contributed by atoms with Crippen LogP contribution in [0, 0.1) is 0 Å². The first-order valence-corrected chi connectivity index (χ1v) is 7.46. The highest BCUT2D eigenvalue weighted by Crippen LogP contribution is 2.31. The number of rotatable bonds is 10. The molecule has 1 aromatic rings. The van der Waals surface area contributed by atoms with E-state index in [1.165, 1.54) is 0 Å². The maximum Gasteiger partial charge on any atom is 0.344 e. The molecule has 0 bridgehead atoms. The average Bonchev–Trinajstić information content (AvgIpc) is 2.47. The zero-order chi connectivity index (χ0) is 15.5. The van der Waals surface area contributed by atoms with Gasteiger partial charge in [-0.05, 0) is 32.9 Å². The van der Waals surface area contributed by atoms with Crippen LogP contribution in [0.4, 0.5) is 0 Å². The van der Waals surface area contributed by atoms with Gasteiger partial charge < -0.3 is 19.5 Å². The van der Waals surface area contributed by atoms with E-state index in [0.29, 0.717) is 31.3 Å². The first-order chi connectivity index (χ1) is 10.2. The molecule has 0 fully saturated rings. The summed E-state index contributed by atoms with van der Waals surface area (Å²) in [7, 11) is 0. The molecule has 0 saturated heterocycles. The van der Waals surface area contributed by atoms with Gasteiger partial charge in [0.1, 0.15) is 0 Å². The van der Waals surface area contributed by atoms with Gasteiger partial charge in [0.15, 0.2) is 18.1 Å². The molecular formula is C16H25NO4. The van der Waals surface area contributed by atoms with Gasteiger partial charge in [-0.15, -0.1) is 0 Å². The molecule has 5 nitrogen and oxygen atoms in total. The fourth-order valence-electron chi connectivity index (χ4n) is 1.87. The SMILES string of the molecule is CCCNCc1cccc(OCC)c1OCC(=O)OCC. The van der Waals surface area contributed by atoms with Crippen LogP contribution in [0.1, 0.15) is 32.8 Å². The Morgan fingerprint density at radius 2 is 1.95 bits per heavy atom. The van der Waals surface area contributed by atoms with E-state index in [-0.39, 0.29) is 12.6 Å². The average molecular weight is 295 g/mol. The van der Waals surface area contributed by atoms with Crippen molar-refractivity contribution in [2.75, 3.05) is 26.4 Å². The van der Waals surface area contributed by atoms with Crippen molar-refractivity contribution in [1.82, 2.24) is 5.32 Å². The van der Waals surface area contributed by atoms with Crippen LogP contribution < -0.4 is 14.8 Å².